The molecule has 0 aromatic rings. The Balaban J connectivity index is -0.00000000200. The monoisotopic (exact) mass is 161 g/mol. The summed E-state index contributed by atoms with van der Waals surface area (Å²) < 4.78 is 10.2. The second-order valence-corrected chi connectivity index (χ2v) is 0.359. The Hall–Kier alpha value is -0.0700. The van der Waals surface area contributed by atoms with Crippen LogP contribution in [0.25, 0.3) is 0 Å². The number of halogens is 6. The van der Waals surface area contributed by atoms with Crippen LogP contribution in [-0.2, 0) is 0 Å². The average Bonchev–Trinajstić information content (AvgIpc) is 0.918. The summed E-state index contributed by atoms with van der Waals surface area (Å²) in [4.78, 5) is 0. The van der Waals surface area contributed by atoms with Crippen LogP contribution in [0.2, 0.25) is 0 Å². The van der Waals surface area contributed by atoms with Crippen LogP contribution in [0.5, 0.6) is 0 Å². The maximum Gasteiger partial charge on any atom is 0.132 e. The van der Waals surface area contributed by atoms with Gasteiger partial charge in [-0.25, -0.2) is 4.39 Å². The number of hydrogen-bond donors (Lipinski definition) is 1. The number of hydrogen-bond acceptors (Lipinski definition) is 1. The molecule has 0 heterocycles. The Labute approximate surface area is 47.7 Å². The minimum atomic E-state index is -0.556. The van der Waals surface area contributed by atoms with E-state index in [0.717, 1.165) is 0 Å². The van der Waals surface area contributed by atoms with Crippen molar-refractivity contribution >= 4 is 12.6 Å². The molecule has 8 heavy (non-hydrogen) atoms. The Morgan fingerprint density at radius 3 is 0.875 bits per heavy atom. The summed E-state index contributed by atoms with van der Waals surface area (Å²) in [5, 5.41) is 0. The first-order valence-corrected chi connectivity index (χ1v) is 1.22. The van der Waals surface area contributed by atoms with Crippen LogP contribution >= 0.6 is 12.6 Å². The molecule has 0 atom stereocenters. The first-order valence-electron chi connectivity index (χ1n) is 0.583. The number of alkyl halides is 1. The van der Waals surface area contributed by atoms with Gasteiger partial charge in [-0.15, -0.1) is 12.6 Å². The fourth-order valence-electron chi connectivity index (χ4n) is 0. The summed E-state index contributed by atoms with van der Waals surface area (Å²) in [5.74, 6) is 0. The maximum atomic E-state index is 10.2. The molecule has 0 aliphatic heterocycles. The molecule has 0 rings (SSSR count). The van der Waals surface area contributed by atoms with Crippen molar-refractivity contribution in [2.24, 2.45) is 0 Å². The zero-order chi connectivity index (χ0) is 2.71. The molecule has 0 aliphatic carbocycles. The minimum Gasteiger partial charge on any atom is -1.00 e. The van der Waals surface area contributed by atoms with Gasteiger partial charge < -0.3 is 23.5 Å². The molecule has 0 nitrogen and oxygen atoms in total. The second-order valence-electron chi connectivity index (χ2n) is 0.120. The molecule has 0 aromatic heterocycles. The van der Waals surface area contributed by atoms with Crippen LogP contribution in [0.3, 0.4) is 0 Å². The third kappa shape index (κ3) is 29400. The van der Waals surface area contributed by atoms with Gasteiger partial charge in [0, 0.05) is 0 Å². The fourth-order valence-corrected chi connectivity index (χ4v) is 0. The third-order valence-electron chi connectivity index (χ3n) is 0. The second kappa shape index (κ2) is 282. The highest BCUT2D eigenvalue weighted by Crippen LogP contribution is 1.63. The molecule has 0 spiro atoms. The Morgan fingerprint density at radius 2 is 0.875 bits per heavy atom. The highest BCUT2D eigenvalue weighted by Gasteiger charge is 1.39. The molecule has 0 fully saturated rings. The lowest BCUT2D eigenvalue weighted by molar-refractivity contribution is -0.00100. The Morgan fingerprint density at radius 1 is 0.875 bits per heavy atom. The predicted octanol–water partition coefficient (Wildman–Crippen LogP) is -14.1. The smallest absolute Gasteiger partial charge is 0.132 e. The summed E-state index contributed by atoms with van der Waals surface area (Å²) in [7, 11) is 0. The standard InChI is InChI=1S/CH3FS.5FH/c2-1-3;;;;;/h3H,1H2;5*1H/p-5. The van der Waals surface area contributed by atoms with Crippen LogP contribution in [0, 0.1) is 0 Å². The van der Waals surface area contributed by atoms with Crippen molar-refractivity contribution in [3.05, 3.63) is 0 Å². The topological polar surface area (TPSA) is 0 Å². The molecule has 0 amide bonds. The van der Waals surface area contributed by atoms with Gasteiger partial charge in [0.1, 0.15) is 6.01 Å². The van der Waals surface area contributed by atoms with E-state index in [0.29, 0.717) is 0 Å². The van der Waals surface area contributed by atoms with E-state index in [1.165, 1.54) is 0 Å². The van der Waals surface area contributed by atoms with Crippen molar-refractivity contribution in [3.8, 4) is 0 Å². The first kappa shape index (κ1) is 102. The molecular weight excluding hydrogens is 158 g/mol. The van der Waals surface area contributed by atoms with E-state index in [4.69, 9.17) is 0 Å². The van der Waals surface area contributed by atoms with Gasteiger partial charge in [-0.1, -0.05) is 0 Å². The molecule has 0 aliphatic rings. The zero-order valence-electron chi connectivity index (χ0n) is 3.42. The molecule has 7 heteroatoms. The average molecular weight is 161 g/mol. The van der Waals surface area contributed by atoms with Crippen LogP contribution in [0.15, 0.2) is 0 Å². The van der Waals surface area contributed by atoms with E-state index in [9.17, 15) is 4.39 Å². The van der Waals surface area contributed by atoms with Crippen molar-refractivity contribution in [2.75, 3.05) is 6.01 Å². The molecular formula is CH3F6S-5. The summed E-state index contributed by atoms with van der Waals surface area (Å²) in [6.45, 7) is 0. The molecule has 0 radical (unpaired) electrons. The Bertz CT molecular complexity index is 8.49. The largest absolute Gasteiger partial charge is 1.00 e. The predicted molar refractivity (Wildman–Crippen MR) is 15.0 cm³/mol. The Kier molecular flexibility index (Phi) is 3600. The van der Waals surface area contributed by atoms with Gasteiger partial charge in [0.25, 0.3) is 0 Å². The van der Waals surface area contributed by atoms with Gasteiger partial charge in [0.05, 0.1) is 0 Å². The molecule has 0 aromatic carbocycles. The van der Waals surface area contributed by atoms with Crippen molar-refractivity contribution < 1.29 is 27.9 Å². The highest BCUT2D eigenvalue weighted by molar-refractivity contribution is 7.80. The quantitative estimate of drug-likeness (QED) is 0.265. The van der Waals surface area contributed by atoms with Gasteiger partial charge >= 0.3 is 0 Å². The van der Waals surface area contributed by atoms with E-state index >= 15 is 0 Å². The van der Waals surface area contributed by atoms with Crippen LogP contribution < -0.4 is 23.5 Å². The van der Waals surface area contributed by atoms with Gasteiger partial charge in [-0.05, 0) is 0 Å². The zero-order valence-corrected chi connectivity index (χ0v) is 4.32. The molecule has 0 saturated heterocycles. The molecule has 0 saturated carbocycles. The maximum absolute atomic E-state index is 10.2. The van der Waals surface area contributed by atoms with Gasteiger partial charge in [0.2, 0.25) is 0 Å². The summed E-state index contributed by atoms with van der Waals surface area (Å²) in [5.41, 5.74) is 0. The normalized spacial score (nSPS) is 2.25. The van der Waals surface area contributed by atoms with Gasteiger partial charge in [0.15, 0.2) is 0 Å². The van der Waals surface area contributed by atoms with Crippen molar-refractivity contribution in [2.45, 2.75) is 0 Å². The fraction of sp³-hybridized carbons (Fsp3) is 1.00. The lowest BCUT2D eigenvalue weighted by Crippen LogP contribution is -3.00. The van der Waals surface area contributed by atoms with E-state index in [-0.39, 0.29) is 23.5 Å². The van der Waals surface area contributed by atoms with E-state index in [2.05, 4.69) is 12.6 Å². The van der Waals surface area contributed by atoms with Gasteiger partial charge in [-0.3, -0.25) is 0 Å². The van der Waals surface area contributed by atoms with Crippen LogP contribution in [0.4, 0.5) is 4.39 Å². The first-order chi connectivity index (χ1) is 1.41. The third-order valence-corrected chi connectivity index (χ3v) is 0. The molecule has 60 valence electrons. The lowest BCUT2D eigenvalue weighted by atomic mass is 11.8. The van der Waals surface area contributed by atoms with Crippen molar-refractivity contribution in [3.63, 3.8) is 0 Å². The van der Waals surface area contributed by atoms with Crippen molar-refractivity contribution in [1.29, 1.82) is 0 Å². The SMILES string of the molecule is FCS.[F-].[F-].[F-].[F-].[F-]. The minimum absolute atomic E-state index is 0. The molecule has 0 N–H and O–H groups in total. The summed E-state index contributed by atoms with van der Waals surface area (Å²) in [6.07, 6.45) is 0. The van der Waals surface area contributed by atoms with Crippen LogP contribution in [0.1, 0.15) is 0 Å². The lowest BCUT2D eigenvalue weighted by Gasteiger charge is -1.45. The summed E-state index contributed by atoms with van der Waals surface area (Å²) in [6, 6.07) is -0.556. The van der Waals surface area contributed by atoms with Crippen molar-refractivity contribution in [1.82, 2.24) is 0 Å². The molecule has 0 unspecified atom stereocenters. The van der Waals surface area contributed by atoms with E-state index < -0.39 is 6.01 Å². The van der Waals surface area contributed by atoms with Gasteiger partial charge in [-0.2, -0.15) is 0 Å². The van der Waals surface area contributed by atoms with E-state index in [1.54, 1.807) is 0 Å². The van der Waals surface area contributed by atoms with E-state index in [1.807, 2.05) is 0 Å². The molecule has 0 bridgehead atoms. The highest BCUT2D eigenvalue weighted by atomic mass is 32.1. The van der Waals surface area contributed by atoms with Crippen LogP contribution in [-0.4, -0.2) is 6.01 Å². The number of rotatable bonds is 0. The summed E-state index contributed by atoms with van der Waals surface area (Å²) >= 11 is 3.12. The number of thiol groups is 1.